The molecule has 0 amide bonds. The number of hydrogen-bond donors (Lipinski definition) is 2. The van der Waals surface area contributed by atoms with Crippen LogP contribution < -0.4 is 11.1 Å². The zero-order valence-corrected chi connectivity index (χ0v) is 20.3. The van der Waals surface area contributed by atoms with E-state index in [0.717, 1.165) is 24.0 Å². The molecule has 0 unspecified atom stereocenters. The summed E-state index contributed by atoms with van der Waals surface area (Å²) in [6, 6.07) is 7.77. The minimum Gasteiger partial charge on any atom is -0.393 e. The third kappa shape index (κ3) is 7.98. The van der Waals surface area contributed by atoms with Gasteiger partial charge in [0.15, 0.2) is 11.6 Å². The van der Waals surface area contributed by atoms with Gasteiger partial charge in [-0.15, -0.1) is 5.10 Å². The Morgan fingerprint density at radius 2 is 1.39 bits per heavy atom. The molecule has 0 aliphatic heterocycles. The molecule has 3 rings (SSSR count). The standard InChI is InChI=1S/C26H41N7/c1-2-3-4-5-6-7-8-9-10-11-12-13-14-17-20-28-25-24(27)26(30-21-29-25)33-23-19-16-15-18-22(23)31-32-33/h15-16,18-19,21H,2-14,17,20,27H2,1H3,(H,28,29,30). The van der Waals surface area contributed by atoms with Crippen LogP contribution in [0.15, 0.2) is 30.6 Å². The van der Waals surface area contributed by atoms with Crippen molar-refractivity contribution in [3.05, 3.63) is 30.6 Å². The Hall–Kier alpha value is -2.70. The Labute approximate surface area is 198 Å². The van der Waals surface area contributed by atoms with Gasteiger partial charge in [0.1, 0.15) is 17.5 Å². The first kappa shape index (κ1) is 24.9. The zero-order valence-electron chi connectivity index (χ0n) is 20.3. The normalized spacial score (nSPS) is 11.3. The average Bonchev–Trinajstić information content (AvgIpc) is 3.26. The Balaban J connectivity index is 1.27. The average molecular weight is 452 g/mol. The number of nitrogen functional groups attached to an aromatic ring is 1. The number of fused-ring (bicyclic) bond motifs is 1. The highest BCUT2D eigenvalue weighted by molar-refractivity contribution is 5.78. The van der Waals surface area contributed by atoms with Crippen LogP contribution >= 0.6 is 0 Å². The highest BCUT2D eigenvalue weighted by Gasteiger charge is 2.13. The maximum Gasteiger partial charge on any atom is 0.184 e. The van der Waals surface area contributed by atoms with Gasteiger partial charge in [0.05, 0.1) is 5.52 Å². The molecule has 0 spiro atoms. The molecule has 3 N–H and O–H groups in total. The van der Waals surface area contributed by atoms with Crippen LogP contribution in [0.2, 0.25) is 0 Å². The van der Waals surface area contributed by atoms with Crippen LogP contribution in [0.25, 0.3) is 16.9 Å². The molecule has 0 aliphatic rings. The van der Waals surface area contributed by atoms with Crippen molar-refractivity contribution >= 4 is 22.5 Å². The number of nitrogens with zero attached hydrogens (tertiary/aromatic N) is 5. The van der Waals surface area contributed by atoms with E-state index in [1.165, 1.54) is 89.8 Å². The number of benzene rings is 1. The molecule has 0 radical (unpaired) electrons. The molecule has 0 saturated heterocycles. The second-order valence-corrected chi connectivity index (χ2v) is 8.97. The molecule has 2 aromatic heterocycles. The predicted octanol–water partition coefficient (Wildman–Crippen LogP) is 6.69. The van der Waals surface area contributed by atoms with Gasteiger partial charge in [-0.05, 0) is 18.6 Å². The highest BCUT2D eigenvalue weighted by Crippen LogP contribution is 2.24. The minimum absolute atomic E-state index is 0.499. The first-order valence-corrected chi connectivity index (χ1v) is 13.0. The van der Waals surface area contributed by atoms with Crippen LogP contribution in [-0.2, 0) is 0 Å². The van der Waals surface area contributed by atoms with Crippen molar-refractivity contribution in [1.29, 1.82) is 0 Å². The molecule has 7 nitrogen and oxygen atoms in total. The van der Waals surface area contributed by atoms with Crippen LogP contribution in [0.1, 0.15) is 96.8 Å². The molecule has 0 aliphatic carbocycles. The van der Waals surface area contributed by atoms with Gasteiger partial charge >= 0.3 is 0 Å². The van der Waals surface area contributed by atoms with Crippen LogP contribution in [0, 0.1) is 0 Å². The van der Waals surface area contributed by atoms with E-state index >= 15 is 0 Å². The lowest BCUT2D eigenvalue weighted by Gasteiger charge is -2.11. The molecule has 1 aromatic carbocycles. The van der Waals surface area contributed by atoms with Crippen molar-refractivity contribution in [2.45, 2.75) is 96.8 Å². The van der Waals surface area contributed by atoms with Gasteiger partial charge in [-0.25, -0.2) is 9.97 Å². The van der Waals surface area contributed by atoms with E-state index in [1.54, 1.807) is 4.68 Å². The Kier molecular flexibility index (Phi) is 10.9. The number of hydrogen-bond acceptors (Lipinski definition) is 6. The van der Waals surface area contributed by atoms with Crippen LogP contribution in [0.5, 0.6) is 0 Å². The summed E-state index contributed by atoms with van der Waals surface area (Å²) in [5, 5.41) is 11.8. The van der Waals surface area contributed by atoms with Gasteiger partial charge < -0.3 is 11.1 Å². The molecule has 180 valence electrons. The quantitative estimate of drug-likeness (QED) is 0.222. The van der Waals surface area contributed by atoms with Gasteiger partial charge in [-0.2, -0.15) is 4.68 Å². The topological polar surface area (TPSA) is 94.5 Å². The van der Waals surface area contributed by atoms with E-state index in [4.69, 9.17) is 5.73 Å². The third-order valence-electron chi connectivity index (χ3n) is 6.24. The van der Waals surface area contributed by atoms with Gasteiger partial charge in [0.2, 0.25) is 0 Å². The Morgan fingerprint density at radius 1 is 0.788 bits per heavy atom. The number of nitrogens with two attached hydrogens (primary N) is 1. The van der Waals surface area contributed by atoms with Gasteiger partial charge in [0.25, 0.3) is 0 Å². The first-order valence-electron chi connectivity index (χ1n) is 13.0. The van der Waals surface area contributed by atoms with Crippen molar-refractivity contribution in [1.82, 2.24) is 25.0 Å². The van der Waals surface area contributed by atoms with E-state index in [-0.39, 0.29) is 0 Å². The van der Waals surface area contributed by atoms with Gasteiger partial charge in [-0.1, -0.05) is 108 Å². The summed E-state index contributed by atoms with van der Waals surface area (Å²) >= 11 is 0. The maximum atomic E-state index is 6.35. The molecular formula is C26H41N7. The number of aromatic nitrogens is 5. The number of para-hydroxylation sites is 1. The fourth-order valence-electron chi connectivity index (χ4n) is 4.25. The summed E-state index contributed by atoms with van der Waals surface area (Å²) in [5.41, 5.74) is 8.54. The van der Waals surface area contributed by atoms with Crippen LogP contribution in [0.4, 0.5) is 11.5 Å². The summed E-state index contributed by atoms with van der Waals surface area (Å²) in [5.74, 6) is 1.22. The molecule has 0 fully saturated rings. The zero-order chi connectivity index (χ0) is 23.1. The lowest BCUT2D eigenvalue weighted by atomic mass is 10.0. The Morgan fingerprint density at radius 3 is 2.06 bits per heavy atom. The van der Waals surface area contributed by atoms with E-state index in [1.807, 2.05) is 24.3 Å². The molecular weight excluding hydrogens is 410 g/mol. The lowest BCUT2D eigenvalue weighted by molar-refractivity contribution is 0.537. The van der Waals surface area contributed by atoms with E-state index in [9.17, 15) is 0 Å². The van der Waals surface area contributed by atoms with Crippen molar-refractivity contribution in [3.8, 4) is 5.82 Å². The minimum atomic E-state index is 0.499. The number of rotatable bonds is 17. The second-order valence-electron chi connectivity index (χ2n) is 8.97. The summed E-state index contributed by atoms with van der Waals surface area (Å²) in [7, 11) is 0. The summed E-state index contributed by atoms with van der Waals surface area (Å²) in [6.45, 7) is 3.14. The number of anilines is 2. The molecule has 0 bridgehead atoms. The molecule has 7 heteroatoms. The fraction of sp³-hybridized carbons (Fsp3) is 0.615. The SMILES string of the molecule is CCCCCCCCCCCCCCCCNc1ncnc(-n2nnc3ccccc32)c1N. The van der Waals surface area contributed by atoms with Gasteiger partial charge in [-0.3, -0.25) is 0 Å². The van der Waals surface area contributed by atoms with Crippen molar-refractivity contribution in [2.75, 3.05) is 17.6 Å². The van der Waals surface area contributed by atoms with Crippen molar-refractivity contribution < 1.29 is 0 Å². The van der Waals surface area contributed by atoms with Crippen molar-refractivity contribution in [2.24, 2.45) is 0 Å². The van der Waals surface area contributed by atoms with E-state index in [2.05, 4.69) is 32.5 Å². The van der Waals surface area contributed by atoms with E-state index < -0.39 is 0 Å². The van der Waals surface area contributed by atoms with E-state index in [0.29, 0.717) is 17.3 Å². The van der Waals surface area contributed by atoms with Gasteiger partial charge in [0, 0.05) is 6.54 Å². The molecule has 3 aromatic rings. The fourth-order valence-corrected chi connectivity index (χ4v) is 4.25. The molecule has 0 atom stereocenters. The largest absolute Gasteiger partial charge is 0.393 e. The van der Waals surface area contributed by atoms with Crippen LogP contribution in [0.3, 0.4) is 0 Å². The molecule has 33 heavy (non-hydrogen) atoms. The molecule has 2 heterocycles. The predicted molar refractivity (Wildman–Crippen MR) is 138 cm³/mol. The first-order chi connectivity index (χ1) is 16.3. The monoisotopic (exact) mass is 451 g/mol. The smallest absolute Gasteiger partial charge is 0.184 e. The summed E-state index contributed by atoms with van der Waals surface area (Å²) in [4.78, 5) is 8.66. The molecule has 0 saturated carbocycles. The lowest BCUT2D eigenvalue weighted by Crippen LogP contribution is -2.11. The van der Waals surface area contributed by atoms with Crippen molar-refractivity contribution in [3.63, 3.8) is 0 Å². The number of unbranched alkanes of at least 4 members (excludes halogenated alkanes) is 13. The third-order valence-corrected chi connectivity index (χ3v) is 6.24. The maximum absolute atomic E-state index is 6.35. The highest BCUT2D eigenvalue weighted by atomic mass is 15.4. The Bertz CT molecular complexity index is 937. The summed E-state index contributed by atoms with van der Waals surface area (Å²) < 4.78 is 1.67. The number of nitrogens with one attached hydrogen (secondary N) is 1. The van der Waals surface area contributed by atoms with Crippen LogP contribution in [-0.4, -0.2) is 31.5 Å². The summed E-state index contributed by atoms with van der Waals surface area (Å²) in [6.07, 6.45) is 20.6. The second kappa shape index (κ2) is 14.4.